The molecule has 2 atom stereocenters. The molecule has 0 rings (SSSR count). The van der Waals surface area contributed by atoms with Gasteiger partial charge in [0.25, 0.3) is 7.82 Å². The predicted molar refractivity (Wildman–Crippen MR) is 277 cm³/mol. The van der Waals surface area contributed by atoms with E-state index in [0.29, 0.717) is 23.9 Å². The molecular formula is C56H96NO8P. The number of carbonyl (C=O) groups is 2. The van der Waals surface area contributed by atoms with Gasteiger partial charge in [-0.05, 0) is 89.9 Å². The largest absolute Gasteiger partial charge is 0.756 e. The SMILES string of the molecule is CC/C=C\C/C=C\C/C=C\C/C=C\C/C=C\CCCCCCCCCCCCCC(=O)OC(COC(=O)CCCCCCC/C=C\C/C=C\C/C=C\CC)COP(=O)([O-])OCC[N+](C)(C)C. The van der Waals surface area contributed by atoms with Crippen LogP contribution in [0.2, 0.25) is 0 Å². The minimum atomic E-state index is -4.64. The lowest BCUT2D eigenvalue weighted by Gasteiger charge is -2.28. The van der Waals surface area contributed by atoms with E-state index in [-0.39, 0.29) is 26.1 Å². The third-order valence-corrected chi connectivity index (χ3v) is 11.6. The molecule has 66 heavy (non-hydrogen) atoms. The molecule has 2 unspecified atom stereocenters. The zero-order valence-corrected chi connectivity index (χ0v) is 43.5. The fraction of sp³-hybridized carbons (Fsp3) is 0.679. The van der Waals surface area contributed by atoms with Gasteiger partial charge in [-0.15, -0.1) is 0 Å². The first-order valence-electron chi connectivity index (χ1n) is 25.9. The van der Waals surface area contributed by atoms with Crippen LogP contribution in [0.3, 0.4) is 0 Å². The second-order valence-electron chi connectivity index (χ2n) is 18.1. The monoisotopic (exact) mass is 942 g/mol. The fourth-order valence-electron chi connectivity index (χ4n) is 6.64. The van der Waals surface area contributed by atoms with Crippen molar-refractivity contribution in [2.75, 3.05) is 47.5 Å². The second-order valence-corrected chi connectivity index (χ2v) is 19.5. The third-order valence-electron chi connectivity index (χ3n) is 10.6. The minimum absolute atomic E-state index is 0.0393. The van der Waals surface area contributed by atoms with Crippen molar-refractivity contribution in [2.24, 2.45) is 0 Å². The first-order chi connectivity index (χ1) is 32.0. The molecular weight excluding hydrogens is 846 g/mol. The molecule has 0 amide bonds. The van der Waals surface area contributed by atoms with Crippen molar-refractivity contribution in [1.82, 2.24) is 0 Å². The Morgan fingerprint density at radius 3 is 1.21 bits per heavy atom. The van der Waals surface area contributed by atoms with Crippen LogP contribution >= 0.6 is 7.82 Å². The molecule has 0 aliphatic heterocycles. The van der Waals surface area contributed by atoms with Gasteiger partial charge in [0.1, 0.15) is 19.8 Å². The van der Waals surface area contributed by atoms with Crippen molar-refractivity contribution in [3.05, 3.63) is 97.2 Å². The van der Waals surface area contributed by atoms with E-state index < -0.39 is 32.5 Å². The summed E-state index contributed by atoms with van der Waals surface area (Å²) in [6.07, 6.45) is 63.0. The Hall–Kier alpha value is -3.07. The van der Waals surface area contributed by atoms with Crippen LogP contribution in [0.4, 0.5) is 0 Å². The van der Waals surface area contributed by atoms with Crippen LogP contribution in [0.25, 0.3) is 0 Å². The summed E-state index contributed by atoms with van der Waals surface area (Å²) in [5.41, 5.74) is 0. The lowest BCUT2D eigenvalue weighted by atomic mass is 10.0. The highest BCUT2D eigenvalue weighted by Crippen LogP contribution is 2.38. The highest BCUT2D eigenvalue weighted by Gasteiger charge is 2.21. The standard InChI is InChI=1S/C56H96NO8P/c1-6-8-10-12-14-16-18-20-22-23-24-25-26-27-28-29-30-31-32-33-35-37-39-41-43-45-47-49-56(59)65-54(53-64-66(60,61)63-51-50-57(3,4)5)52-62-55(58)48-46-44-42-40-38-36-34-21-19-17-15-13-11-9-7-2/h8-11,14-17,20-22,24-25,27-28,34,54H,6-7,12-13,18-19,23,26,29-33,35-53H2,1-5H3/b10-8-,11-9-,16-14-,17-15-,22-20-,25-24-,28-27-,34-21-. The van der Waals surface area contributed by atoms with E-state index in [1.165, 1.54) is 44.9 Å². The number of phosphoric ester groups is 1. The average molecular weight is 942 g/mol. The van der Waals surface area contributed by atoms with Gasteiger partial charge in [0.2, 0.25) is 0 Å². The van der Waals surface area contributed by atoms with E-state index in [9.17, 15) is 19.0 Å². The molecule has 0 aromatic carbocycles. The summed E-state index contributed by atoms with van der Waals surface area (Å²) in [6.45, 7) is 3.97. The van der Waals surface area contributed by atoms with Crippen molar-refractivity contribution >= 4 is 19.8 Å². The molecule has 0 aliphatic rings. The molecule has 0 N–H and O–H groups in total. The van der Waals surface area contributed by atoms with Gasteiger partial charge < -0.3 is 27.9 Å². The Morgan fingerprint density at radius 2 is 0.818 bits per heavy atom. The van der Waals surface area contributed by atoms with Gasteiger partial charge in [-0.25, -0.2) is 0 Å². The van der Waals surface area contributed by atoms with Gasteiger partial charge >= 0.3 is 11.9 Å². The lowest BCUT2D eigenvalue weighted by Crippen LogP contribution is -2.37. The maximum absolute atomic E-state index is 12.8. The summed E-state index contributed by atoms with van der Waals surface area (Å²) < 4.78 is 34.0. The number of unbranched alkanes of at least 4 members (excludes halogenated alkanes) is 16. The predicted octanol–water partition coefficient (Wildman–Crippen LogP) is 15.1. The van der Waals surface area contributed by atoms with Gasteiger partial charge in [0.05, 0.1) is 27.7 Å². The molecule has 378 valence electrons. The molecule has 0 spiro atoms. The molecule has 0 saturated heterocycles. The maximum atomic E-state index is 12.8. The van der Waals surface area contributed by atoms with Crippen LogP contribution in [0.1, 0.15) is 194 Å². The quantitative estimate of drug-likeness (QED) is 0.0195. The molecule has 0 aliphatic carbocycles. The molecule has 10 heteroatoms. The van der Waals surface area contributed by atoms with E-state index in [1.54, 1.807) is 0 Å². The van der Waals surface area contributed by atoms with Crippen LogP contribution in [-0.2, 0) is 32.7 Å². The summed E-state index contributed by atoms with van der Waals surface area (Å²) in [6, 6.07) is 0. The molecule has 9 nitrogen and oxygen atoms in total. The molecule has 0 bridgehead atoms. The number of allylic oxidation sites excluding steroid dienone is 16. The van der Waals surface area contributed by atoms with Crippen LogP contribution in [-0.4, -0.2) is 70.0 Å². The van der Waals surface area contributed by atoms with Crippen LogP contribution in [0, 0.1) is 0 Å². The molecule has 0 heterocycles. The molecule has 0 aromatic heterocycles. The average Bonchev–Trinajstić information content (AvgIpc) is 3.27. The van der Waals surface area contributed by atoms with Crippen molar-refractivity contribution in [3.8, 4) is 0 Å². The van der Waals surface area contributed by atoms with Crippen LogP contribution < -0.4 is 4.89 Å². The van der Waals surface area contributed by atoms with Crippen molar-refractivity contribution in [3.63, 3.8) is 0 Å². The number of likely N-dealkylation sites (N-methyl/N-ethyl adjacent to an activating group) is 1. The third kappa shape index (κ3) is 50.3. The van der Waals surface area contributed by atoms with Crippen molar-refractivity contribution in [1.29, 1.82) is 0 Å². The van der Waals surface area contributed by atoms with E-state index in [4.69, 9.17) is 18.5 Å². The maximum Gasteiger partial charge on any atom is 0.306 e. The smallest absolute Gasteiger partial charge is 0.306 e. The number of phosphoric acid groups is 1. The Labute approximate surface area is 404 Å². The van der Waals surface area contributed by atoms with Crippen LogP contribution in [0.15, 0.2) is 97.2 Å². The highest BCUT2D eigenvalue weighted by molar-refractivity contribution is 7.45. The van der Waals surface area contributed by atoms with Gasteiger partial charge in [0.15, 0.2) is 6.10 Å². The number of esters is 2. The lowest BCUT2D eigenvalue weighted by molar-refractivity contribution is -0.870. The number of nitrogens with zero attached hydrogens (tertiary/aromatic N) is 1. The first kappa shape index (κ1) is 62.9. The Balaban J connectivity index is 4.23. The zero-order chi connectivity index (χ0) is 48.5. The number of rotatable bonds is 46. The van der Waals surface area contributed by atoms with Crippen molar-refractivity contribution < 1.29 is 42.1 Å². The Morgan fingerprint density at radius 1 is 0.470 bits per heavy atom. The Kier molecular flexibility index (Phi) is 44.8. The number of quaternary nitrogens is 1. The number of hydrogen-bond donors (Lipinski definition) is 0. The summed E-state index contributed by atoms with van der Waals surface area (Å²) in [5.74, 6) is -0.863. The summed E-state index contributed by atoms with van der Waals surface area (Å²) in [5, 5.41) is 0. The number of carbonyl (C=O) groups excluding carboxylic acids is 2. The van der Waals surface area contributed by atoms with E-state index in [0.717, 1.165) is 109 Å². The van der Waals surface area contributed by atoms with Gasteiger partial charge in [-0.2, -0.15) is 0 Å². The number of ether oxygens (including phenoxy) is 2. The molecule has 0 radical (unpaired) electrons. The highest BCUT2D eigenvalue weighted by atomic mass is 31.2. The van der Waals surface area contributed by atoms with E-state index in [2.05, 4.69) is 111 Å². The normalized spacial score (nSPS) is 14.2. The summed E-state index contributed by atoms with van der Waals surface area (Å²) in [7, 11) is 1.14. The van der Waals surface area contributed by atoms with E-state index >= 15 is 0 Å². The first-order valence-corrected chi connectivity index (χ1v) is 27.4. The van der Waals surface area contributed by atoms with E-state index in [1.807, 2.05) is 21.1 Å². The topological polar surface area (TPSA) is 111 Å². The number of hydrogen-bond acceptors (Lipinski definition) is 8. The molecule has 0 aromatic rings. The summed E-state index contributed by atoms with van der Waals surface area (Å²) >= 11 is 0. The Bertz CT molecular complexity index is 1440. The fourth-order valence-corrected chi connectivity index (χ4v) is 7.37. The second kappa shape index (κ2) is 47.0. The van der Waals surface area contributed by atoms with Gasteiger partial charge in [-0.3, -0.25) is 14.2 Å². The minimum Gasteiger partial charge on any atom is -0.756 e. The zero-order valence-electron chi connectivity index (χ0n) is 42.6. The van der Waals surface area contributed by atoms with Crippen LogP contribution in [0.5, 0.6) is 0 Å². The molecule has 0 saturated carbocycles. The molecule has 0 fully saturated rings. The van der Waals surface area contributed by atoms with Crippen molar-refractivity contribution in [2.45, 2.75) is 200 Å². The van der Waals surface area contributed by atoms with Gasteiger partial charge in [0, 0.05) is 12.8 Å². The summed E-state index contributed by atoms with van der Waals surface area (Å²) in [4.78, 5) is 37.7. The van der Waals surface area contributed by atoms with Gasteiger partial charge in [-0.1, -0.05) is 188 Å².